The van der Waals surface area contributed by atoms with Gasteiger partial charge in [-0.15, -0.1) is 0 Å². The fourth-order valence-corrected chi connectivity index (χ4v) is 3.72. The molecule has 1 N–H and O–H groups in total. The highest BCUT2D eigenvalue weighted by Gasteiger charge is 2.29. The summed E-state index contributed by atoms with van der Waals surface area (Å²) < 4.78 is 13.2. The van der Waals surface area contributed by atoms with Gasteiger partial charge in [0.1, 0.15) is 11.6 Å². The van der Waals surface area contributed by atoms with Crippen molar-refractivity contribution >= 4 is 16.8 Å². The molecule has 138 valence electrons. The number of carbonyl (C=O) groups is 1. The predicted octanol–water partition coefficient (Wildman–Crippen LogP) is 3.36. The topological polar surface area (TPSA) is 66.1 Å². The number of aromatic amines is 1. The van der Waals surface area contributed by atoms with E-state index in [4.69, 9.17) is 0 Å². The van der Waals surface area contributed by atoms with Gasteiger partial charge < -0.3 is 9.88 Å². The van der Waals surface area contributed by atoms with Gasteiger partial charge in [0.15, 0.2) is 0 Å². The minimum atomic E-state index is -0.277. The number of benzene rings is 2. The maximum absolute atomic E-state index is 13.2. The molecule has 0 unspecified atom stereocenters. The number of hydrogen-bond acceptors (Lipinski definition) is 3. The molecule has 5 nitrogen and oxygen atoms in total. The minimum Gasteiger partial charge on any atom is -0.336 e. The van der Waals surface area contributed by atoms with E-state index in [-0.39, 0.29) is 29.7 Å². The van der Waals surface area contributed by atoms with E-state index >= 15 is 0 Å². The summed E-state index contributed by atoms with van der Waals surface area (Å²) in [6, 6.07) is 13.5. The van der Waals surface area contributed by atoms with Crippen LogP contribution < -0.4 is 5.56 Å². The third kappa shape index (κ3) is 3.60. The third-order valence-corrected chi connectivity index (χ3v) is 5.07. The number of halogens is 1. The average molecular weight is 365 g/mol. The van der Waals surface area contributed by atoms with Gasteiger partial charge in [-0.05, 0) is 42.7 Å². The quantitative estimate of drug-likeness (QED) is 0.771. The van der Waals surface area contributed by atoms with Gasteiger partial charge in [-0.3, -0.25) is 9.59 Å². The van der Waals surface area contributed by atoms with Gasteiger partial charge in [0.05, 0.1) is 16.9 Å². The van der Waals surface area contributed by atoms with Crippen LogP contribution in [0.1, 0.15) is 36.7 Å². The van der Waals surface area contributed by atoms with Crippen molar-refractivity contribution in [3.05, 3.63) is 76.1 Å². The van der Waals surface area contributed by atoms with Crippen molar-refractivity contribution in [2.24, 2.45) is 0 Å². The molecule has 0 radical (unpaired) electrons. The minimum absolute atomic E-state index is 0.0123. The first kappa shape index (κ1) is 17.4. The van der Waals surface area contributed by atoms with Crippen molar-refractivity contribution < 1.29 is 9.18 Å². The molecule has 1 aliphatic rings. The molecule has 3 aromatic rings. The highest BCUT2D eigenvalue weighted by atomic mass is 19.1. The number of nitrogens with one attached hydrogen (secondary N) is 1. The second-order valence-corrected chi connectivity index (χ2v) is 6.83. The van der Waals surface area contributed by atoms with E-state index in [9.17, 15) is 14.0 Å². The first-order chi connectivity index (χ1) is 13.1. The largest absolute Gasteiger partial charge is 0.336 e. The molecular formula is C21H20FN3O2. The standard InChI is InChI=1S/C21H20FN3O2/c22-15-9-7-14(8-10-15)18-6-3-13-25(18)20(26)12-11-19-23-17-5-2-1-4-16(17)21(27)24-19/h1-2,4-5,7-10,18H,3,6,11-13H2,(H,23,24,27)/t18-/m0/s1. The van der Waals surface area contributed by atoms with E-state index in [1.165, 1.54) is 12.1 Å². The fraction of sp³-hybridized carbons (Fsp3) is 0.286. The molecule has 0 aliphatic carbocycles. The van der Waals surface area contributed by atoms with Gasteiger partial charge in [0, 0.05) is 19.4 Å². The van der Waals surface area contributed by atoms with E-state index < -0.39 is 0 Å². The van der Waals surface area contributed by atoms with Crippen LogP contribution in [0.5, 0.6) is 0 Å². The zero-order valence-corrected chi connectivity index (χ0v) is 14.8. The predicted molar refractivity (Wildman–Crippen MR) is 101 cm³/mol. The van der Waals surface area contributed by atoms with Crippen LogP contribution in [0.2, 0.25) is 0 Å². The third-order valence-electron chi connectivity index (χ3n) is 5.07. The number of H-pyrrole nitrogens is 1. The van der Waals surface area contributed by atoms with Crippen LogP contribution >= 0.6 is 0 Å². The number of carbonyl (C=O) groups excluding carboxylic acids is 1. The van der Waals surface area contributed by atoms with Gasteiger partial charge in [-0.1, -0.05) is 24.3 Å². The van der Waals surface area contributed by atoms with Crippen LogP contribution in [0.25, 0.3) is 10.9 Å². The molecular weight excluding hydrogens is 345 g/mol. The van der Waals surface area contributed by atoms with Gasteiger partial charge in [0.25, 0.3) is 5.56 Å². The van der Waals surface area contributed by atoms with Gasteiger partial charge in [-0.2, -0.15) is 0 Å². The molecule has 0 bridgehead atoms. The molecule has 2 heterocycles. The monoisotopic (exact) mass is 365 g/mol. The summed E-state index contributed by atoms with van der Waals surface area (Å²) in [6.07, 6.45) is 2.46. The molecule has 4 rings (SSSR count). The van der Waals surface area contributed by atoms with Crippen LogP contribution in [-0.2, 0) is 11.2 Å². The van der Waals surface area contributed by atoms with Crippen LogP contribution in [-0.4, -0.2) is 27.3 Å². The molecule has 0 saturated carbocycles. The Kier molecular flexibility index (Phi) is 4.71. The van der Waals surface area contributed by atoms with E-state index in [1.807, 2.05) is 11.0 Å². The summed E-state index contributed by atoms with van der Waals surface area (Å²) in [7, 11) is 0. The van der Waals surface area contributed by atoms with Crippen molar-refractivity contribution in [2.45, 2.75) is 31.7 Å². The highest BCUT2D eigenvalue weighted by molar-refractivity contribution is 5.78. The van der Waals surface area contributed by atoms with Crippen molar-refractivity contribution in [1.29, 1.82) is 0 Å². The van der Waals surface area contributed by atoms with Crippen LogP contribution in [0.3, 0.4) is 0 Å². The molecule has 2 aromatic carbocycles. The van der Waals surface area contributed by atoms with Gasteiger partial charge in [-0.25, -0.2) is 9.37 Å². The Bertz CT molecular complexity index is 1030. The van der Waals surface area contributed by atoms with E-state index in [1.54, 1.807) is 30.3 Å². The Hall–Kier alpha value is -3.02. The molecule has 0 spiro atoms. The molecule has 1 saturated heterocycles. The number of fused-ring (bicyclic) bond motifs is 1. The average Bonchev–Trinajstić information content (AvgIpc) is 3.17. The molecule has 1 aromatic heterocycles. The summed E-state index contributed by atoms with van der Waals surface area (Å²) in [6.45, 7) is 0.697. The Morgan fingerprint density at radius 3 is 2.78 bits per heavy atom. The Morgan fingerprint density at radius 1 is 1.19 bits per heavy atom. The molecule has 1 aliphatic heterocycles. The normalized spacial score (nSPS) is 16.8. The van der Waals surface area contributed by atoms with Crippen LogP contribution in [0.15, 0.2) is 53.3 Å². The lowest BCUT2D eigenvalue weighted by molar-refractivity contribution is -0.132. The Labute approximate surface area is 155 Å². The summed E-state index contributed by atoms with van der Waals surface area (Å²) in [4.78, 5) is 34.0. The Morgan fingerprint density at radius 2 is 1.96 bits per heavy atom. The number of aryl methyl sites for hydroxylation is 1. The number of nitrogens with zero attached hydrogens (tertiary/aromatic N) is 2. The second kappa shape index (κ2) is 7.31. The number of likely N-dealkylation sites (tertiary alicyclic amines) is 1. The van der Waals surface area contributed by atoms with E-state index in [2.05, 4.69) is 9.97 Å². The zero-order valence-electron chi connectivity index (χ0n) is 14.8. The first-order valence-corrected chi connectivity index (χ1v) is 9.15. The van der Waals surface area contributed by atoms with Crippen molar-refractivity contribution in [3.63, 3.8) is 0 Å². The van der Waals surface area contributed by atoms with Crippen LogP contribution in [0.4, 0.5) is 4.39 Å². The van der Waals surface area contributed by atoms with Crippen molar-refractivity contribution in [3.8, 4) is 0 Å². The lowest BCUT2D eigenvalue weighted by Gasteiger charge is -2.25. The van der Waals surface area contributed by atoms with Crippen molar-refractivity contribution in [1.82, 2.24) is 14.9 Å². The van der Waals surface area contributed by atoms with Gasteiger partial charge >= 0.3 is 0 Å². The first-order valence-electron chi connectivity index (χ1n) is 9.15. The number of aromatic nitrogens is 2. The maximum atomic E-state index is 13.2. The smallest absolute Gasteiger partial charge is 0.258 e. The maximum Gasteiger partial charge on any atom is 0.258 e. The second-order valence-electron chi connectivity index (χ2n) is 6.83. The summed E-state index contributed by atoms with van der Waals surface area (Å²) in [5.41, 5.74) is 1.40. The SMILES string of the molecule is O=C(CCc1nc2ccccc2c(=O)[nH]1)N1CCC[C@H]1c1ccc(F)cc1. The number of amides is 1. The molecule has 1 fully saturated rings. The number of rotatable bonds is 4. The molecule has 27 heavy (non-hydrogen) atoms. The molecule has 1 atom stereocenters. The summed E-state index contributed by atoms with van der Waals surface area (Å²) >= 11 is 0. The summed E-state index contributed by atoms with van der Waals surface area (Å²) in [5, 5.41) is 0.545. The zero-order chi connectivity index (χ0) is 18.8. The lowest BCUT2D eigenvalue weighted by atomic mass is 10.0. The highest BCUT2D eigenvalue weighted by Crippen LogP contribution is 2.32. The molecule has 6 heteroatoms. The Balaban J connectivity index is 1.47. The van der Waals surface area contributed by atoms with Crippen molar-refractivity contribution in [2.75, 3.05) is 6.54 Å². The number of hydrogen-bond donors (Lipinski definition) is 1. The van der Waals surface area contributed by atoms with Crippen LogP contribution in [0, 0.1) is 5.82 Å². The molecule has 1 amide bonds. The summed E-state index contributed by atoms with van der Waals surface area (Å²) in [5.74, 6) is 0.267. The fourth-order valence-electron chi connectivity index (χ4n) is 3.72. The van der Waals surface area contributed by atoms with Gasteiger partial charge in [0.2, 0.25) is 5.91 Å². The number of para-hydroxylation sites is 1. The van der Waals surface area contributed by atoms with E-state index in [0.717, 1.165) is 18.4 Å². The lowest BCUT2D eigenvalue weighted by Crippen LogP contribution is -2.31. The van der Waals surface area contributed by atoms with E-state index in [0.29, 0.717) is 29.7 Å².